The van der Waals surface area contributed by atoms with Gasteiger partial charge in [-0.3, -0.25) is 14.4 Å². The topological polar surface area (TPSA) is 132 Å². The number of fused-ring (bicyclic) bond motifs is 1. The number of nitrogens with one attached hydrogen (secondary N) is 2. The molecule has 0 unspecified atom stereocenters. The van der Waals surface area contributed by atoms with Gasteiger partial charge in [-0.2, -0.15) is 0 Å². The van der Waals surface area contributed by atoms with E-state index < -0.39 is 23.3 Å². The maximum atomic E-state index is 12.6. The summed E-state index contributed by atoms with van der Waals surface area (Å²) in [6, 6.07) is 0. The summed E-state index contributed by atoms with van der Waals surface area (Å²) in [5.74, 6) is -1.21. The summed E-state index contributed by atoms with van der Waals surface area (Å²) in [4.78, 5) is 56.4. The summed E-state index contributed by atoms with van der Waals surface area (Å²) in [7, 11) is 3.81. The molecule has 0 atom stereocenters. The van der Waals surface area contributed by atoms with Crippen LogP contribution in [0.5, 0.6) is 0 Å². The van der Waals surface area contributed by atoms with E-state index in [0.717, 1.165) is 11.3 Å². The van der Waals surface area contributed by atoms with Crippen LogP contribution in [0.3, 0.4) is 0 Å². The zero-order valence-electron chi connectivity index (χ0n) is 19.2. The van der Waals surface area contributed by atoms with E-state index in [1.54, 1.807) is 0 Å². The molecule has 0 aliphatic heterocycles. The van der Waals surface area contributed by atoms with Gasteiger partial charge in [-0.05, 0) is 47.7 Å². The highest BCUT2D eigenvalue weighted by atomic mass is 32.1. The number of hydrogen-bond donors (Lipinski definition) is 3. The molecule has 0 saturated heterocycles. The van der Waals surface area contributed by atoms with Crippen LogP contribution in [0.2, 0.25) is 0 Å². The van der Waals surface area contributed by atoms with Crippen LogP contribution in [-0.2, 0) is 0 Å². The SMILES string of the molecule is CN(C)CCNC1=CC(=O)c2sc(C(=O)NCCCCN(C(=O)O)C(C)(C)C)nc2C1=O. The fourth-order valence-corrected chi connectivity index (χ4v) is 3.95. The molecule has 0 aromatic carbocycles. The maximum Gasteiger partial charge on any atom is 0.407 e. The van der Waals surface area contributed by atoms with Gasteiger partial charge < -0.3 is 25.5 Å². The number of Topliss-reactive ketones (excluding diaryl/α,β-unsaturated/α-hetero) is 1. The van der Waals surface area contributed by atoms with Gasteiger partial charge in [0.25, 0.3) is 5.91 Å². The second-order valence-corrected chi connectivity index (χ2v) is 9.75. The van der Waals surface area contributed by atoms with Crippen molar-refractivity contribution in [3.8, 4) is 0 Å². The fraction of sp³-hybridized carbons (Fsp3) is 0.571. The molecule has 1 aromatic heterocycles. The van der Waals surface area contributed by atoms with E-state index in [1.165, 1.54) is 11.0 Å². The minimum absolute atomic E-state index is 0.00211. The first-order chi connectivity index (χ1) is 14.9. The second kappa shape index (κ2) is 10.7. The molecule has 10 nitrogen and oxygen atoms in total. The maximum absolute atomic E-state index is 12.6. The average molecular weight is 466 g/mol. The molecule has 3 N–H and O–H groups in total. The lowest BCUT2D eigenvalue weighted by atomic mass is 10.0. The Balaban J connectivity index is 1.89. The van der Waals surface area contributed by atoms with Crippen LogP contribution in [0, 0.1) is 0 Å². The lowest BCUT2D eigenvalue weighted by Crippen LogP contribution is -2.45. The van der Waals surface area contributed by atoms with E-state index >= 15 is 0 Å². The Hall–Kier alpha value is -2.79. The summed E-state index contributed by atoms with van der Waals surface area (Å²) in [6.45, 7) is 7.36. The van der Waals surface area contributed by atoms with Crippen molar-refractivity contribution in [1.82, 2.24) is 25.4 Å². The number of amides is 2. The fourth-order valence-electron chi connectivity index (χ4n) is 3.06. The monoisotopic (exact) mass is 465 g/mol. The first kappa shape index (κ1) is 25.5. The quantitative estimate of drug-likeness (QED) is 0.446. The molecule has 1 heterocycles. The molecular weight excluding hydrogens is 434 g/mol. The van der Waals surface area contributed by atoms with Gasteiger partial charge in [-0.15, -0.1) is 11.3 Å². The first-order valence-corrected chi connectivity index (χ1v) is 11.2. The number of rotatable bonds is 10. The zero-order valence-corrected chi connectivity index (χ0v) is 20.0. The van der Waals surface area contributed by atoms with E-state index in [1.807, 2.05) is 39.8 Å². The van der Waals surface area contributed by atoms with Gasteiger partial charge in [0.05, 0.1) is 5.70 Å². The molecule has 176 valence electrons. The number of allylic oxidation sites excluding steroid dienone is 2. The highest BCUT2D eigenvalue weighted by Gasteiger charge is 2.31. The average Bonchev–Trinajstić information content (AvgIpc) is 3.13. The number of likely N-dealkylation sites (N-methyl/N-ethyl adjacent to an activating group) is 1. The van der Waals surface area contributed by atoms with Crippen LogP contribution < -0.4 is 10.6 Å². The third kappa shape index (κ3) is 6.60. The lowest BCUT2D eigenvalue weighted by Gasteiger charge is -2.33. The molecule has 1 aliphatic carbocycles. The number of carbonyl (C=O) groups excluding carboxylic acids is 3. The predicted octanol–water partition coefficient (Wildman–Crippen LogP) is 1.85. The van der Waals surface area contributed by atoms with Crippen molar-refractivity contribution in [3.05, 3.63) is 27.4 Å². The second-order valence-electron chi connectivity index (χ2n) is 8.75. The third-order valence-electron chi connectivity index (χ3n) is 4.79. The largest absolute Gasteiger partial charge is 0.465 e. The molecule has 0 saturated carbocycles. The van der Waals surface area contributed by atoms with Gasteiger partial charge in [0, 0.05) is 37.8 Å². The molecule has 0 spiro atoms. The van der Waals surface area contributed by atoms with Crippen molar-refractivity contribution in [2.75, 3.05) is 40.3 Å². The Labute approximate surface area is 191 Å². The van der Waals surface area contributed by atoms with Crippen molar-refractivity contribution in [2.24, 2.45) is 0 Å². The number of nitrogens with zero attached hydrogens (tertiary/aromatic N) is 3. The number of aromatic nitrogens is 1. The smallest absolute Gasteiger partial charge is 0.407 e. The van der Waals surface area contributed by atoms with Gasteiger partial charge in [0.1, 0.15) is 10.6 Å². The molecule has 0 fully saturated rings. The molecule has 11 heteroatoms. The highest BCUT2D eigenvalue weighted by Crippen LogP contribution is 2.26. The van der Waals surface area contributed by atoms with Crippen molar-refractivity contribution >= 4 is 34.9 Å². The van der Waals surface area contributed by atoms with Crippen molar-refractivity contribution in [2.45, 2.75) is 39.2 Å². The Morgan fingerprint density at radius 3 is 2.41 bits per heavy atom. The number of carboxylic acid groups (broad SMARTS) is 1. The van der Waals surface area contributed by atoms with Crippen LogP contribution in [0.1, 0.15) is 63.6 Å². The normalized spacial score (nSPS) is 13.6. The molecule has 0 radical (unpaired) electrons. The van der Waals surface area contributed by atoms with E-state index in [2.05, 4.69) is 15.6 Å². The number of unbranched alkanes of at least 4 members (excludes halogenated alkanes) is 1. The van der Waals surface area contributed by atoms with E-state index in [0.29, 0.717) is 39.0 Å². The van der Waals surface area contributed by atoms with Gasteiger partial charge in [-0.1, -0.05) is 0 Å². The number of ketones is 2. The molecule has 32 heavy (non-hydrogen) atoms. The van der Waals surface area contributed by atoms with Crippen molar-refractivity contribution < 1.29 is 24.3 Å². The van der Waals surface area contributed by atoms with Crippen LogP contribution in [0.4, 0.5) is 4.79 Å². The van der Waals surface area contributed by atoms with Crippen LogP contribution in [0.15, 0.2) is 11.8 Å². The molecule has 0 bridgehead atoms. The zero-order chi connectivity index (χ0) is 24.1. The Morgan fingerprint density at radius 1 is 1.12 bits per heavy atom. The Bertz CT molecular complexity index is 916. The van der Waals surface area contributed by atoms with Gasteiger partial charge in [0.2, 0.25) is 5.78 Å². The number of carbonyl (C=O) groups is 4. The predicted molar refractivity (Wildman–Crippen MR) is 121 cm³/mol. The molecule has 2 rings (SSSR count). The molecule has 2 amide bonds. The Kier molecular flexibility index (Phi) is 8.51. The highest BCUT2D eigenvalue weighted by molar-refractivity contribution is 7.16. The van der Waals surface area contributed by atoms with E-state index in [-0.39, 0.29) is 27.1 Å². The third-order valence-corrected chi connectivity index (χ3v) is 5.86. The first-order valence-electron chi connectivity index (χ1n) is 10.4. The standard InChI is InChI=1S/C21H31N5O5S/c1-21(2,3)26(20(30)31)10-7-6-8-23-18(29)19-24-15-16(28)13(22-9-11-25(4)5)12-14(27)17(15)32-19/h12,22H,6-11H2,1-5H3,(H,23,29)(H,30,31). The van der Waals surface area contributed by atoms with Gasteiger partial charge in [-0.25, -0.2) is 9.78 Å². The van der Waals surface area contributed by atoms with Crippen LogP contribution >= 0.6 is 11.3 Å². The summed E-state index contributed by atoms with van der Waals surface area (Å²) >= 11 is 0.902. The molecule has 1 aromatic rings. The van der Waals surface area contributed by atoms with E-state index in [9.17, 15) is 24.3 Å². The lowest BCUT2D eigenvalue weighted by molar-refractivity contribution is 0.0933. The minimum atomic E-state index is -0.978. The summed E-state index contributed by atoms with van der Waals surface area (Å²) in [6.07, 6.45) is 1.44. The summed E-state index contributed by atoms with van der Waals surface area (Å²) in [5.41, 5.74) is -0.312. The minimum Gasteiger partial charge on any atom is -0.465 e. The van der Waals surface area contributed by atoms with E-state index in [4.69, 9.17) is 0 Å². The van der Waals surface area contributed by atoms with Crippen molar-refractivity contribution in [3.63, 3.8) is 0 Å². The van der Waals surface area contributed by atoms with Crippen LogP contribution in [-0.4, -0.2) is 89.3 Å². The van der Waals surface area contributed by atoms with Gasteiger partial charge in [0.15, 0.2) is 10.8 Å². The molecular formula is C21H31N5O5S. The Morgan fingerprint density at radius 2 is 1.81 bits per heavy atom. The van der Waals surface area contributed by atoms with Crippen LogP contribution in [0.25, 0.3) is 0 Å². The van der Waals surface area contributed by atoms with Crippen molar-refractivity contribution in [1.29, 1.82) is 0 Å². The molecule has 1 aliphatic rings. The van der Waals surface area contributed by atoms with Gasteiger partial charge >= 0.3 is 6.09 Å². The summed E-state index contributed by atoms with van der Waals surface area (Å²) in [5, 5.41) is 15.0. The number of hydrogen-bond acceptors (Lipinski definition) is 8. The summed E-state index contributed by atoms with van der Waals surface area (Å²) < 4.78 is 0. The number of thiazole rings is 1.